The zero-order valence-corrected chi connectivity index (χ0v) is 11.9. The molecular weight excluding hydrogens is 270 g/mol. The minimum atomic E-state index is 0.426. The molecule has 0 aliphatic rings. The number of aromatic nitrogens is 2. The van der Waals surface area contributed by atoms with E-state index in [9.17, 15) is 0 Å². The van der Waals surface area contributed by atoms with Gasteiger partial charge in [-0.1, -0.05) is 61.0 Å². The number of hydrogen-bond acceptors (Lipinski definition) is 3. The summed E-state index contributed by atoms with van der Waals surface area (Å²) in [5.41, 5.74) is 2.30. The summed E-state index contributed by atoms with van der Waals surface area (Å²) in [6.07, 6.45) is 0.960. The van der Waals surface area contributed by atoms with E-state index in [2.05, 4.69) is 28.5 Å². The molecule has 0 saturated heterocycles. The molecule has 0 fully saturated rings. The molecule has 3 aromatic rings. The fraction of sp³-hybridized carbons (Fsp3) is 0.125. The molecule has 1 aromatic heterocycles. The molecule has 0 amide bonds. The van der Waals surface area contributed by atoms with Crippen LogP contribution in [0.5, 0.6) is 0 Å². The third-order valence-electron chi connectivity index (χ3n) is 3.29. The summed E-state index contributed by atoms with van der Waals surface area (Å²) in [6.45, 7) is 2.13. The van der Waals surface area contributed by atoms with E-state index in [1.807, 2.05) is 42.5 Å². The Hall–Kier alpha value is -2.13. The fourth-order valence-electron chi connectivity index (χ4n) is 2.24. The van der Waals surface area contributed by atoms with Crippen molar-refractivity contribution in [2.45, 2.75) is 13.3 Å². The molecule has 20 heavy (non-hydrogen) atoms. The van der Waals surface area contributed by atoms with Gasteiger partial charge in [0.05, 0.1) is 0 Å². The van der Waals surface area contributed by atoms with Crippen molar-refractivity contribution in [3.05, 3.63) is 59.2 Å². The van der Waals surface area contributed by atoms with Crippen molar-refractivity contribution < 1.29 is 0 Å². The Kier molecular flexibility index (Phi) is 3.52. The Balaban J connectivity index is 2.09. The summed E-state index contributed by atoms with van der Waals surface area (Å²) < 4.78 is 0. The topological polar surface area (TPSA) is 37.8 Å². The molecule has 0 bridgehead atoms. The van der Waals surface area contributed by atoms with Crippen LogP contribution in [0.15, 0.2) is 48.5 Å². The smallest absolute Gasteiger partial charge is 0.161 e. The molecule has 2 aromatic carbocycles. The minimum Gasteiger partial charge on any atom is -0.338 e. The van der Waals surface area contributed by atoms with E-state index in [1.54, 1.807) is 0 Å². The highest BCUT2D eigenvalue weighted by Crippen LogP contribution is 2.28. The number of hydrogen-bond donors (Lipinski definition) is 1. The number of halogens is 1. The van der Waals surface area contributed by atoms with Crippen LogP contribution in [0.25, 0.3) is 10.8 Å². The van der Waals surface area contributed by atoms with Crippen molar-refractivity contribution in [3.8, 4) is 0 Å². The Morgan fingerprint density at radius 3 is 2.45 bits per heavy atom. The standard InChI is InChI=1S/C16H14ClN3/c1-2-11-7-3-6-10-14(11)18-16-13-9-5-4-8-12(13)15(17)19-20-16/h3-10H,2H2,1H3,(H,18,20). The zero-order chi connectivity index (χ0) is 13.9. The Morgan fingerprint density at radius 1 is 0.950 bits per heavy atom. The van der Waals surface area contributed by atoms with Crippen LogP contribution in [0.1, 0.15) is 12.5 Å². The third-order valence-corrected chi connectivity index (χ3v) is 3.57. The lowest BCUT2D eigenvalue weighted by atomic mass is 10.1. The lowest BCUT2D eigenvalue weighted by Gasteiger charge is -2.11. The molecular formula is C16H14ClN3. The average molecular weight is 284 g/mol. The summed E-state index contributed by atoms with van der Waals surface area (Å²) in [5.74, 6) is 0.728. The maximum absolute atomic E-state index is 6.09. The van der Waals surface area contributed by atoms with Gasteiger partial charge in [0.15, 0.2) is 11.0 Å². The fourth-order valence-corrected chi connectivity index (χ4v) is 2.44. The Bertz CT molecular complexity index is 756. The van der Waals surface area contributed by atoms with E-state index < -0.39 is 0 Å². The van der Waals surface area contributed by atoms with Crippen LogP contribution in [0.4, 0.5) is 11.5 Å². The van der Waals surface area contributed by atoms with E-state index in [4.69, 9.17) is 11.6 Å². The third kappa shape index (κ3) is 2.32. The van der Waals surface area contributed by atoms with E-state index in [1.165, 1.54) is 5.56 Å². The van der Waals surface area contributed by atoms with E-state index in [0.717, 1.165) is 28.7 Å². The lowest BCUT2D eigenvalue weighted by molar-refractivity contribution is 1.05. The van der Waals surface area contributed by atoms with Crippen LogP contribution >= 0.6 is 11.6 Å². The number of fused-ring (bicyclic) bond motifs is 1. The molecule has 0 spiro atoms. The van der Waals surface area contributed by atoms with Gasteiger partial charge < -0.3 is 5.32 Å². The van der Waals surface area contributed by atoms with Gasteiger partial charge in [-0.2, -0.15) is 0 Å². The van der Waals surface area contributed by atoms with Gasteiger partial charge in [-0.15, -0.1) is 10.2 Å². The monoisotopic (exact) mass is 283 g/mol. The second-order valence-corrected chi connectivity index (χ2v) is 4.88. The predicted molar refractivity (Wildman–Crippen MR) is 83.7 cm³/mol. The molecule has 1 heterocycles. The molecule has 3 rings (SSSR count). The second kappa shape index (κ2) is 5.47. The quantitative estimate of drug-likeness (QED) is 0.764. The van der Waals surface area contributed by atoms with Crippen molar-refractivity contribution >= 4 is 33.9 Å². The first-order valence-electron chi connectivity index (χ1n) is 6.55. The predicted octanol–water partition coefficient (Wildman–Crippen LogP) is 4.59. The molecule has 0 aliphatic carbocycles. The van der Waals surface area contributed by atoms with Crippen molar-refractivity contribution in [1.82, 2.24) is 10.2 Å². The van der Waals surface area contributed by atoms with Crippen molar-refractivity contribution in [3.63, 3.8) is 0 Å². The summed E-state index contributed by atoms with van der Waals surface area (Å²) >= 11 is 6.09. The Morgan fingerprint density at radius 2 is 1.65 bits per heavy atom. The Labute approximate surface area is 122 Å². The lowest BCUT2D eigenvalue weighted by Crippen LogP contribution is -2.00. The SMILES string of the molecule is CCc1ccccc1Nc1nnc(Cl)c2ccccc12. The highest BCUT2D eigenvalue weighted by Gasteiger charge is 2.08. The summed E-state index contributed by atoms with van der Waals surface area (Å²) in [7, 11) is 0. The molecule has 1 N–H and O–H groups in total. The van der Waals surface area contributed by atoms with Gasteiger partial charge in [-0.05, 0) is 18.1 Å². The van der Waals surface area contributed by atoms with E-state index in [0.29, 0.717) is 5.15 Å². The number of rotatable bonds is 3. The van der Waals surface area contributed by atoms with Crippen molar-refractivity contribution in [1.29, 1.82) is 0 Å². The normalized spacial score (nSPS) is 10.7. The zero-order valence-electron chi connectivity index (χ0n) is 11.1. The van der Waals surface area contributed by atoms with Gasteiger partial charge in [0.1, 0.15) is 0 Å². The number of aryl methyl sites for hydroxylation is 1. The summed E-state index contributed by atoms with van der Waals surface area (Å²) in [5, 5.41) is 13.9. The summed E-state index contributed by atoms with van der Waals surface area (Å²) in [4.78, 5) is 0. The molecule has 0 saturated carbocycles. The first-order valence-corrected chi connectivity index (χ1v) is 6.93. The number of nitrogens with zero attached hydrogens (tertiary/aromatic N) is 2. The number of nitrogens with one attached hydrogen (secondary N) is 1. The average Bonchev–Trinajstić information content (AvgIpc) is 2.51. The molecule has 4 heteroatoms. The first kappa shape index (κ1) is 12.9. The van der Waals surface area contributed by atoms with Crippen LogP contribution in [0.2, 0.25) is 5.15 Å². The highest BCUT2D eigenvalue weighted by atomic mass is 35.5. The molecule has 0 atom stereocenters. The number of anilines is 2. The van der Waals surface area contributed by atoms with Crippen LogP contribution in [-0.4, -0.2) is 10.2 Å². The van der Waals surface area contributed by atoms with E-state index >= 15 is 0 Å². The molecule has 100 valence electrons. The van der Waals surface area contributed by atoms with Crippen molar-refractivity contribution in [2.75, 3.05) is 5.32 Å². The van der Waals surface area contributed by atoms with Crippen molar-refractivity contribution in [2.24, 2.45) is 0 Å². The minimum absolute atomic E-state index is 0.426. The summed E-state index contributed by atoms with van der Waals surface area (Å²) in [6, 6.07) is 16.0. The molecule has 3 nitrogen and oxygen atoms in total. The van der Waals surface area contributed by atoms with Gasteiger partial charge in [0.2, 0.25) is 0 Å². The largest absolute Gasteiger partial charge is 0.338 e. The highest BCUT2D eigenvalue weighted by molar-refractivity contribution is 6.34. The first-order chi connectivity index (χ1) is 9.79. The van der Waals surface area contributed by atoms with Crippen LogP contribution in [-0.2, 0) is 6.42 Å². The molecule has 0 unspecified atom stereocenters. The van der Waals surface area contributed by atoms with E-state index in [-0.39, 0.29) is 0 Å². The number of para-hydroxylation sites is 1. The second-order valence-electron chi connectivity index (χ2n) is 4.52. The molecule has 0 aliphatic heterocycles. The van der Waals surface area contributed by atoms with Gasteiger partial charge in [0, 0.05) is 16.5 Å². The van der Waals surface area contributed by atoms with Gasteiger partial charge >= 0.3 is 0 Å². The van der Waals surface area contributed by atoms with Gasteiger partial charge in [-0.25, -0.2) is 0 Å². The van der Waals surface area contributed by atoms with Gasteiger partial charge in [0.25, 0.3) is 0 Å². The van der Waals surface area contributed by atoms with Crippen LogP contribution in [0, 0.1) is 0 Å². The number of benzene rings is 2. The van der Waals surface area contributed by atoms with Crippen LogP contribution < -0.4 is 5.32 Å². The van der Waals surface area contributed by atoms with Gasteiger partial charge in [-0.3, -0.25) is 0 Å². The van der Waals surface area contributed by atoms with Crippen LogP contribution in [0.3, 0.4) is 0 Å². The maximum Gasteiger partial charge on any atom is 0.161 e. The maximum atomic E-state index is 6.09. The molecule has 0 radical (unpaired) electrons.